The molecule has 2 heterocycles. The number of hydrogen-bond acceptors (Lipinski definition) is 5. The first-order valence-electron chi connectivity index (χ1n) is 7.02. The van der Waals surface area contributed by atoms with Gasteiger partial charge in [-0.05, 0) is 18.6 Å². The standard InChI is InChI=1S/C15H17N3O4/c1-2-3-6-11(15(20)21)17-14(19)12-8-13(22-18-12)10-5-4-7-16-9-10/h4-5,7-9,11H,2-3,6H2,1H3,(H,17,19)(H,20,21). The third-order valence-corrected chi connectivity index (χ3v) is 3.14. The van der Waals surface area contributed by atoms with E-state index in [1.165, 1.54) is 6.07 Å². The van der Waals surface area contributed by atoms with Crippen molar-refractivity contribution in [3.8, 4) is 11.3 Å². The van der Waals surface area contributed by atoms with Crippen LogP contribution in [0.15, 0.2) is 35.1 Å². The minimum atomic E-state index is -1.06. The van der Waals surface area contributed by atoms with Crippen LogP contribution in [0.1, 0.15) is 36.7 Å². The van der Waals surface area contributed by atoms with Gasteiger partial charge in [0.2, 0.25) is 0 Å². The molecule has 1 unspecified atom stereocenters. The summed E-state index contributed by atoms with van der Waals surface area (Å²) in [6, 6.07) is 4.05. The number of pyridine rings is 1. The van der Waals surface area contributed by atoms with E-state index in [9.17, 15) is 9.59 Å². The van der Waals surface area contributed by atoms with E-state index >= 15 is 0 Å². The second-order valence-corrected chi connectivity index (χ2v) is 4.82. The summed E-state index contributed by atoms with van der Waals surface area (Å²) < 4.78 is 5.10. The van der Waals surface area contributed by atoms with Crippen LogP contribution in [0, 0.1) is 0 Å². The van der Waals surface area contributed by atoms with Crippen molar-refractivity contribution in [2.75, 3.05) is 0 Å². The van der Waals surface area contributed by atoms with E-state index in [1.807, 2.05) is 6.92 Å². The van der Waals surface area contributed by atoms with E-state index in [0.717, 1.165) is 12.8 Å². The fraction of sp³-hybridized carbons (Fsp3) is 0.333. The van der Waals surface area contributed by atoms with Crippen LogP contribution in [-0.2, 0) is 4.79 Å². The summed E-state index contributed by atoms with van der Waals surface area (Å²) in [4.78, 5) is 27.1. The molecule has 0 bridgehead atoms. The summed E-state index contributed by atoms with van der Waals surface area (Å²) in [5.74, 6) is -1.22. The maximum Gasteiger partial charge on any atom is 0.326 e. The Morgan fingerprint density at radius 3 is 2.91 bits per heavy atom. The normalized spacial score (nSPS) is 11.9. The monoisotopic (exact) mass is 303 g/mol. The molecule has 22 heavy (non-hydrogen) atoms. The number of carboxylic acids is 1. The van der Waals surface area contributed by atoms with E-state index in [0.29, 0.717) is 17.7 Å². The van der Waals surface area contributed by atoms with Crippen LogP contribution in [0.2, 0.25) is 0 Å². The molecule has 2 N–H and O–H groups in total. The van der Waals surface area contributed by atoms with E-state index in [2.05, 4.69) is 15.5 Å². The Kier molecular flexibility index (Phi) is 5.24. The van der Waals surface area contributed by atoms with Crippen molar-refractivity contribution in [3.05, 3.63) is 36.3 Å². The number of aliphatic carboxylic acids is 1. The number of carboxylic acid groups (broad SMARTS) is 1. The number of aromatic nitrogens is 2. The molecule has 0 aliphatic heterocycles. The lowest BCUT2D eigenvalue weighted by Crippen LogP contribution is -2.40. The lowest BCUT2D eigenvalue weighted by atomic mass is 10.1. The first-order valence-corrected chi connectivity index (χ1v) is 7.02. The number of amides is 1. The van der Waals surface area contributed by atoms with Gasteiger partial charge in [0.05, 0.1) is 0 Å². The molecule has 0 aliphatic rings. The minimum Gasteiger partial charge on any atom is -0.480 e. The second-order valence-electron chi connectivity index (χ2n) is 4.82. The summed E-state index contributed by atoms with van der Waals surface area (Å²) in [6.45, 7) is 1.96. The molecule has 0 aliphatic carbocycles. The van der Waals surface area contributed by atoms with E-state index in [4.69, 9.17) is 9.63 Å². The number of hydrogen-bond donors (Lipinski definition) is 2. The fourth-order valence-corrected chi connectivity index (χ4v) is 1.92. The third-order valence-electron chi connectivity index (χ3n) is 3.14. The molecule has 2 aromatic rings. The van der Waals surface area contributed by atoms with Crippen molar-refractivity contribution in [2.45, 2.75) is 32.2 Å². The molecular weight excluding hydrogens is 286 g/mol. The van der Waals surface area contributed by atoms with Crippen molar-refractivity contribution in [3.63, 3.8) is 0 Å². The number of carbonyl (C=O) groups excluding carboxylic acids is 1. The Morgan fingerprint density at radius 2 is 2.27 bits per heavy atom. The Bertz CT molecular complexity index is 639. The molecule has 7 nitrogen and oxygen atoms in total. The first-order chi connectivity index (χ1) is 10.6. The predicted octanol–water partition coefficient (Wildman–Crippen LogP) is 2.11. The highest BCUT2D eigenvalue weighted by atomic mass is 16.5. The summed E-state index contributed by atoms with van der Waals surface area (Å²) in [6.07, 6.45) is 5.17. The maximum absolute atomic E-state index is 12.1. The molecule has 116 valence electrons. The predicted molar refractivity (Wildman–Crippen MR) is 78.1 cm³/mol. The van der Waals surface area contributed by atoms with E-state index < -0.39 is 17.9 Å². The summed E-state index contributed by atoms with van der Waals surface area (Å²) in [7, 11) is 0. The van der Waals surface area contributed by atoms with E-state index in [-0.39, 0.29) is 5.69 Å². The molecule has 2 rings (SSSR count). The molecule has 1 amide bonds. The van der Waals surface area contributed by atoms with Crippen molar-refractivity contribution < 1.29 is 19.2 Å². The van der Waals surface area contributed by atoms with Gasteiger partial charge in [-0.25, -0.2) is 4.79 Å². The molecule has 0 saturated heterocycles. The maximum atomic E-state index is 12.1. The highest BCUT2D eigenvalue weighted by Crippen LogP contribution is 2.18. The van der Waals surface area contributed by atoms with Gasteiger partial charge in [0, 0.05) is 24.0 Å². The Balaban J connectivity index is 2.06. The number of nitrogens with zero attached hydrogens (tertiary/aromatic N) is 2. The smallest absolute Gasteiger partial charge is 0.326 e. The average Bonchev–Trinajstić information content (AvgIpc) is 3.02. The third kappa shape index (κ3) is 3.91. The van der Waals surface area contributed by atoms with Gasteiger partial charge in [0.15, 0.2) is 11.5 Å². The topological polar surface area (TPSA) is 105 Å². The number of carbonyl (C=O) groups is 2. The van der Waals surface area contributed by atoms with Gasteiger partial charge in [-0.2, -0.15) is 0 Å². The molecule has 7 heteroatoms. The van der Waals surface area contributed by atoms with Crippen molar-refractivity contribution in [1.29, 1.82) is 0 Å². The number of nitrogens with one attached hydrogen (secondary N) is 1. The van der Waals surface area contributed by atoms with Crippen LogP contribution in [0.3, 0.4) is 0 Å². The average molecular weight is 303 g/mol. The molecular formula is C15H17N3O4. The summed E-state index contributed by atoms with van der Waals surface area (Å²) in [5.41, 5.74) is 0.733. The van der Waals surface area contributed by atoms with Gasteiger partial charge in [0.1, 0.15) is 6.04 Å². The van der Waals surface area contributed by atoms with Gasteiger partial charge in [0.25, 0.3) is 5.91 Å². The van der Waals surface area contributed by atoms with Crippen molar-refractivity contribution >= 4 is 11.9 Å². The lowest BCUT2D eigenvalue weighted by Gasteiger charge is -2.12. The molecule has 1 atom stereocenters. The van der Waals surface area contributed by atoms with Crippen LogP contribution < -0.4 is 5.32 Å². The lowest BCUT2D eigenvalue weighted by molar-refractivity contribution is -0.139. The zero-order valence-electron chi connectivity index (χ0n) is 12.2. The van der Waals surface area contributed by atoms with Crippen molar-refractivity contribution in [1.82, 2.24) is 15.5 Å². The first kappa shape index (κ1) is 15.7. The highest BCUT2D eigenvalue weighted by molar-refractivity contribution is 5.95. The van der Waals surface area contributed by atoms with Gasteiger partial charge in [-0.3, -0.25) is 9.78 Å². The molecule has 0 aromatic carbocycles. The Morgan fingerprint density at radius 1 is 1.45 bits per heavy atom. The van der Waals surface area contributed by atoms with Crippen LogP contribution in [0.4, 0.5) is 0 Å². The Hall–Kier alpha value is -2.70. The second kappa shape index (κ2) is 7.35. The number of rotatable bonds is 7. The van der Waals surface area contributed by atoms with Crippen LogP contribution in [0.5, 0.6) is 0 Å². The van der Waals surface area contributed by atoms with Gasteiger partial charge in [-0.1, -0.05) is 24.9 Å². The van der Waals surface area contributed by atoms with Crippen LogP contribution in [0.25, 0.3) is 11.3 Å². The molecule has 0 fully saturated rings. The SMILES string of the molecule is CCCCC(NC(=O)c1cc(-c2cccnc2)on1)C(=O)O. The van der Waals surface area contributed by atoms with E-state index in [1.54, 1.807) is 24.5 Å². The molecule has 2 aromatic heterocycles. The minimum absolute atomic E-state index is 0.0431. The quantitative estimate of drug-likeness (QED) is 0.811. The highest BCUT2D eigenvalue weighted by Gasteiger charge is 2.22. The Labute approximate surface area is 127 Å². The zero-order valence-corrected chi connectivity index (χ0v) is 12.2. The van der Waals surface area contributed by atoms with Gasteiger partial charge < -0.3 is 14.9 Å². The number of unbranched alkanes of at least 4 members (excludes halogenated alkanes) is 1. The molecule has 0 radical (unpaired) electrons. The van der Waals surface area contributed by atoms with Gasteiger partial charge >= 0.3 is 5.97 Å². The molecule has 0 saturated carbocycles. The largest absolute Gasteiger partial charge is 0.480 e. The summed E-state index contributed by atoms with van der Waals surface area (Å²) in [5, 5.41) is 15.2. The molecule has 0 spiro atoms. The van der Waals surface area contributed by atoms with Crippen LogP contribution >= 0.6 is 0 Å². The van der Waals surface area contributed by atoms with Crippen molar-refractivity contribution in [2.24, 2.45) is 0 Å². The fourth-order valence-electron chi connectivity index (χ4n) is 1.92. The van der Waals surface area contributed by atoms with Gasteiger partial charge in [-0.15, -0.1) is 0 Å². The zero-order chi connectivity index (χ0) is 15.9. The van der Waals surface area contributed by atoms with Crippen LogP contribution in [-0.4, -0.2) is 33.2 Å². The summed E-state index contributed by atoms with van der Waals surface area (Å²) >= 11 is 0.